The predicted molar refractivity (Wildman–Crippen MR) is 85.8 cm³/mol. The van der Waals surface area contributed by atoms with Crippen molar-refractivity contribution in [3.8, 4) is 5.69 Å². The Hall–Kier alpha value is -2.95. The molecule has 0 aliphatic carbocycles. The highest BCUT2D eigenvalue weighted by atomic mass is 16.1. The van der Waals surface area contributed by atoms with Gasteiger partial charge in [0.2, 0.25) is 0 Å². The molecular weight excluding hydrogens is 276 g/mol. The maximum absolute atomic E-state index is 11.5. The highest BCUT2D eigenvalue weighted by molar-refractivity contribution is 6.04. The first-order chi connectivity index (χ1) is 10.7. The summed E-state index contributed by atoms with van der Waals surface area (Å²) in [6.45, 7) is 0.847. The van der Waals surface area contributed by atoms with Crippen LogP contribution in [0.25, 0.3) is 16.6 Å². The molecule has 5 nitrogen and oxygen atoms in total. The van der Waals surface area contributed by atoms with Crippen molar-refractivity contribution in [2.75, 3.05) is 6.54 Å². The van der Waals surface area contributed by atoms with Crippen molar-refractivity contribution in [1.29, 1.82) is 0 Å². The molecule has 1 aliphatic heterocycles. The van der Waals surface area contributed by atoms with Crippen LogP contribution < -0.4 is 5.73 Å². The van der Waals surface area contributed by atoms with Crippen LogP contribution in [0.1, 0.15) is 21.5 Å². The van der Waals surface area contributed by atoms with Gasteiger partial charge in [-0.05, 0) is 35.7 Å². The lowest BCUT2D eigenvalue weighted by Crippen LogP contribution is -2.11. The number of amides is 1. The zero-order chi connectivity index (χ0) is 15.1. The first-order valence-electron chi connectivity index (χ1n) is 7.14. The van der Waals surface area contributed by atoms with Gasteiger partial charge in [-0.25, -0.2) is 4.68 Å². The van der Waals surface area contributed by atoms with Crippen LogP contribution in [0.2, 0.25) is 0 Å². The van der Waals surface area contributed by atoms with Gasteiger partial charge in [0.15, 0.2) is 0 Å². The monoisotopic (exact) mass is 290 g/mol. The van der Waals surface area contributed by atoms with Crippen LogP contribution >= 0.6 is 0 Å². The molecule has 22 heavy (non-hydrogen) atoms. The molecule has 0 atom stereocenters. The fourth-order valence-electron chi connectivity index (χ4n) is 2.80. The van der Waals surface area contributed by atoms with Crippen molar-refractivity contribution in [3.05, 3.63) is 59.3 Å². The summed E-state index contributed by atoms with van der Waals surface area (Å²) < 4.78 is 1.78. The van der Waals surface area contributed by atoms with E-state index in [-0.39, 0.29) is 0 Å². The second-order valence-electron chi connectivity index (χ2n) is 5.35. The van der Waals surface area contributed by atoms with Crippen molar-refractivity contribution in [1.82, 2.24) is 9.78 Å². The van der Waals surface area contributed by atoms with Crippen LogP contribution in [-0.4, -0.2) is 28.4 Å². The molecule has 0 fully saturated rings. The van der Waals surface area contributed by atoms with Crippen molar-refractivity contribution in [3.63, 3.8) is 0 Å². The summed E-state index contributed by atoms with van der Waals surface area (Å²) in [7, 11) is 0. The zero-order valence-corrected chi connectivity index (χ0v) is 11.9. The predicted octanol–water partition coefficient (Wildman–Crippen LogP) is 2.10. The van der Waals surface area contributed by atoms with E-state index >= 15 is 0 Å². The lowest BCUT2D eigenvalue weighted by molar-refractivity contribution is 0.100. The average Bonchev–Trinajstić information content (AvgIpc) is 2.98. The van der Waals surface area contributed by atoms with Gasteiger partial charge in [0, 0.05) is 24.3 Å². The highest BCUT2D eigenvalue weighted by Gasteiger charge is 2.12. The third-order valence-corrected chi connectivity index (χ3v) is 3.94. The molecule has 1 amide bonds. The zero-order valence-electron chi connectivity index (χ0n) is 11.9. The van der Waals surface area contributed by atoms with Gasteiger partial charge >= 0.3 is 0 Å². The second-order valence-corrected chi connectivity index (χ2v) is 5.35. The number of primary amides is 1. The molecule has 0 spiro atoms. The number of fused-ring (bicyclic) bond motifs is 2. The molecule has 108 valence electrons. The van der Waals surface area contributed by atoms with E-state index in [4.69, 9.17) is 5.73 Å². The summed E-state index contributed by atoms with van der Waals surface area (Å²) in [5.74, 6) is -0.464. The molecule has 0 saturated carbocycles. The van der Waals surface area contributed by atoms with Crippen LogP contribution in [0.3, 0.4) is 0 Å². The van der Waals surface area contributed by atoms with Crippen molar-refractivity contribution in [2.24, 2.45) is 10.7 Å². The minimum atomic E-state index is -0.464. The molecule has 5 heteroatoms. The molecule has 4 rings (SSSR count). The van der Waals surface area contributed by atoms with Gasteiger partial charge in [-0.15, -0.1) is 0 Å². The first kappa shape index (κ1) is 12.8. The Kier molecular flexibility index (Phi) is 2.79. The fraction of sp³-hybridized carbons (Fsp3) is 0.118. The molecule has 0 saturated heterocycles. The Morgan fingerprint density at radius 3 is 3.00 bits per heavy atom. The number of hydrogen-bond donors (Lipinski definition) is 1. The number of benzene rings is 2. The van der Waals surface area contributed by atoms with Gasteiger partial charge in [0.05, 0.1) is 11.3 Å². The maximum atomic E-state index is 11.5. The lowest BCUT2D eigenvalue weighted by atomic mass is 10.0. The third-order valence-electron chi connectivity index (χ3n) is 3.94. The second kappa shape index (κ2) is 4.80. The quantitative estimate of drug-likeness (QED) is 0.785. The van der Waals surface area contributed by atoms with Crippen LogP contribution in [-0.2, 0) is 6.42 Å². The molecule has 2 N–H and O–H groups in total. The minimum absolute atomic E-state index is 0.441. The molecular formula is C17H14N4O. The molecule has 1 aromatic heterocycles. The molecule has 3 aromatic rings. The number of carbonyl (C=O) groups is 1. The number of carbonyl (C=O) groups excluding carboxylic acids is 1. The smallest absolute Gasteiger partial charge is 0.250 e. The van der Waals surface area contributed by atoms with E-state index in [1.165, 1.54) is 5.56 Å². The molecule has 0 unspecified atom stereocenters. The van der Waals surface area contributed by atoms with Gasteiger partial charge in [-0.2, -0.15) is 5.10 Å². The number of hydrogen-bond acceptors (Lipinski definition) is 3. The third kappa shape index (κ3) is 1.98. The summed E-state index contributed by atoms with van der Waals surface area (Å²) >= 11 is 0. The summed E-state index contributed by atoms with van der Waals surface area (Å²) in [5.41, 5.74) is 9.85. The highest BCUT2D eigenvalue weighted by Crippen LogP contribution is 2.21. The van der Waals surface area contributed by atoms with Gasteiger partial charge < -0.3 is 5.73 Å². The Morgan fingerprint density at radius 2 is 2.14 bits per heavy atom. The lowest BCUT2D eigenvalue weighted by Gasteiger charge is -2.11. The average molecular weight is 290 g/mol. The van der Waals surface area contributed by atoms with E-state index in [0.29, 0.717) is 11.1 Å². The standard InChI is InChI=1S/C17H14N4O/c18-17(22)15-3-1-2-12-10-21(20-16(12)15)14-5-4-11-6-7-19-9-13(11)8-14/h1-5,8-10H,6-7H2,(H2,18,22). The van der Waals surface area contributed by atoms with Crippen molar-refractivity contribution < 1.29 is 4.79 Å². The largest absolute Gasteiger partial charge is 0.366 e. The summed E-state index contributed by atoms with van der Waals surface area (Å²) in [6, 6.07) is 11.6. The van der Waals surface area contributed by atoms with E-state index in [9.17, 15) is 4.79 Å². The minimum Gasteiger partial charge on any atom is -0.366 e. The van der Waals surface area contributed by atoms with E-state index < -0.39 is 5.91 Å². The number of nitrogens with two attached hydrogens (primary N) is 1. The Morgan fingerprint density at radius 1 is 1.23 bits per heavy atom. The number of aliphatic imine (C=N–C) groups is 1. The Balaban J connectivity index is 1.87. The maximum Gasteiger partial charge on any atom is 0.250 e. The molecule has 0 bridgehead atoms. The summed E-state index contributed by atoms with van der Waals surface area (Å²) in [4.78, 5) is 15.8. The van der Waals surface area contributed by atoms with Crippen LogP contribution in [0.5, 0.6) is 0 Å². The topological polar surface area (TPSA) is 73.3 Å². The number of rotatable bonds is 2. The van der Waals surface area contributed by atoms with Crippen LogP contribution in [0.15, 0.2) is 47.6 Å². The molecule has 2 aromatic carbocycles. The van der Waals surface area contributed by atoms with Gasteiger partial charge in [0.1, 0.15) is 5.52 Å². The van der Waals surface area contributed by atoms with E-state index in [1.807, 2.05) is 30.6 Å². The van der Waals surface area contributed by atoms with E-state index in [0.717, 1.165) is 29.6 Å². The van der Waals surface area contributed by atoms with E-state index in [2.05, 4.69) is 22.2 Å². The SMILES string of the molecule is NC(=O)c1cccc2cn(-c3ccc4c(c3)C=NCC4)nc12. The van der Waals surface area contributed by atoms with Gasteiger partial charge in [0.25, 0.3) is 5.91 Å². The number of nitrogens with zero attached hydrogens (tertiary/aromatic N) is 3. The van der Waals surface area contributed by atoms with Crippen molar-refractivity contribution in [2.45, 2.75) is 6.42 Å². The first-order valence-corrected chi connectivity index (χ1v) is 7.14. The summed E-state index contributed by atoms with van der Waals surface area (Å²) in [6.07, 6.45) is 4.78. The van der Waals surface area contributed by atoms with E-state index in [1.54, 1.807) is 10.7 Å². The summed E-state index contributed by atoms with van der Waals surface area (Å²) in [5, 5.41) is 5.42. The van der Waals surface area contributed by atoms with Crippen LogP contribution in [0, 0.1) is 0 Å². The van der Waals surface area contributed by atoms with Crippen LogP contribution in [0.4, 0.5) is 0 Å². The normalized spacial score (nSPS) is 13.3. The molecule has 2 heterocycles. The van der Waals surface area contributed by atoms with Crippen molar-refractivity contribution >= 4 is 23.0 Å². The number of aromatic nitrogens is 2. The Labute approximate surface area is 127 Å². The molecule has 0 radical (unpaired) electrons. The van der Waals surface area contributed by atoms with Gasteiger partial charge in [-0.1, -0.05) is 18.2 Å². The van der Waals surface area contributed by atoms with Gasteiger partial charge in [-0.3, -0.25) is 9.79 Å². The Bertz CT molecular complexity index is 924. The fourth-order valence-corrected chi connectivity index (χ4v) is 2.80. The molecule has 1 aliphatic rings.